The lowest BCUT2D eigenvalue weighted by molar-refractivity contribution is 0.0660. The second kappa shape index (κ2) is 2.73. The van der Waals surface area contributed by atoms with Crippen LogP contribution in [-0.2, 0) is 6.42 Å². The van der Waals surface area contributed by atoms with Crippen molar-refractivity contribution in [3.8, 4) is 0 Å². The van der Waals surface area contributed by atoms with E-state index in [1.165, 1.54) is 6.26 Å². The molecule has 0 spiro atoms. The smallest absolute Gasteiger partial charge is 0.372 e. The number of hydrogen-bond donors (Lipinski definition) is 1. The van der Waals surface area contributed by atoms with E-state index in [0.29, 0.717) is 30.4 Å². The molecule has 0 bridgehead atoms. The lowest BCUT2D eigenvalue weighted by atomic mass is 9.93. The fourth-order valence-corrected chi connectivity index (χ4v) is 1.60. The summed E-state index contributed by atoms with van der Waals surface area (Å²) in [6, 6.07) is 0. The Morgan fingerprint density at radius 3 is 2.92 bits per heavy atom. The number of Topliss-reactive ketones (excluding diaryl/α,β-unsaturated/α-hetero) is 1. The van der Waals surface area contributed by atoms with E-state index in [-0.39, 0.29) is 11.5 Å². The summed E-state index contributed by atoms with van der Waals surface area (Å²) in [6.07, 6.45) is 3.08. The molecular formula is C9H8O4. The van der Waals surface area contributed by atoms with Gasteiger partial charge in [-0.1, -0.05) is 0 Å². The number of ketones is 1. The SMILES string of the molecule is O=C1CCCc2c1coc2C(=O)O. The molecule has 1 aliphatic carbocycles. The van der Waals surface area contributed by atoms with Crippen LogP contribution in [0.4, 0.5) is 0 Å². The van der Waals surface area contributed by atoms with Crippen LogP contribution in [0.3, 0.4) is 0 Å². The van der Waals surface area contributed by atoms with Crippen LogP contribution in [0.2, 0.25) is 0 Å². The minimum Gasteiger partial charge on any atom is -0.475 e. The monoisotopic (exact) mass is 180 g/mol. The maximum Gasteiger partial charge on any atom is 0.372 e. The zero-order valence-corrected chi connectivity index (χ0v) is 6.87. The van der Waals surface area contributed by atoms with Gasteiger partial charge in [0.2, 0.25) is 5.76 Å². The number of aromatic carboxylic acids is 1. The first-order valence-electron chi connectivity index (χ1n) is 4.07. The van der Waals surface area contributed by atoms with Crippen LogP contribution in [0.1, 0.15) is 39.3 Å². The maximum atomic E-state index is 11.3. The van der Waals surface area contributed by atoms with E-state index in [4.69, 9.17) is 9.52 Å². The highest BCUT2D eigenvalue weighted by Gasteiger charge is 2.26. The van der Waals surface area contributed by atoms with Crippen molar-refractivity contribution in [1.29, 1.82) is 0 Å². The van der Waals surface area contributed by atoms with E-state index < -0.39 is 5.97 Å². The second-order valence-electron chi connectivity index (χ2n) is 3.04. The summed E-state index contributed by atoms with van der Waals surface area (Å²) in [5, 5.41) is 8.71. The fraction of sp³-hybridized carbons (Fsp3) is 0.333. The molecule has 1 N–H and O–H groups in total. The topological polar surface area (TPSA) is 67.5 Å². The van der Waals surface area contributed by atoms with E-state index in [1.54, 1.807) is 0 Å². The standard InChI is InChI=1S/C9H8O4/c10-7-3-1-2-5-6(7)4-13-8(5)9(11)12/h4H,1-3H2,(H,11,12). The third kappa shape index (κ3) is 1.14. The van der Waals surface area contributed by atoms with Gasteiger partial charge in [0.25, 0.3) is 0 Å². The molecule has 4 heteroatoms. The molecule has 0 amide bonds. The summed E-state index contributed by atoms with van der Waals surface area (Å²) in [6.45, 7) is 0. The van der Waals surface area contributed by atoms with Gasteiger partial charge in [-0.05, 0) is 12.8 Å². The minimum absolute atomic E-state index is 0.0162. The van der Waals surface area contributed by atoms with Gasteiger partial charge in [-0.3, -0.25) is 4.79 Å². The average molecular weight is 180 g/mol. The summed E-state index contributed by atoms with van der Waals surface area (Å²) < 4.78 is 4.83. The van der Waals surface area contributed by atoms with Crippen LogP contribution >= 0.6 is 0 Å². The number of carboxylic acids is 1. The normalized spacial score (nSPS) is 15.5. The summed E-state index contributed by atoms with van der Waals surface area (Å²) >= 11 is 0. The molecule has 0 fully saturated rings. The molecule has 1 aliphatic rings. The molecule has 1 aromatic heterocycles. The number of fused-ring (bicyclic) bond motifs is 1. The average Bonchev–Trinajstić information content (AvgIpc) is 2.48. The molecule has 1 aromatic rings. The lowest BCUT2D eigenvalue weighted by Crippen LogP contribution is -2.11. The Bertz CT molecular complexity index is 361. The summed E-state index contributed by atoms with van der Waals surface area (Å²) in [7, 11) is 0. The van der Waals surface area contributed by atoms with Crippen LogP contribution in [0.15, 0.2) is 10.7 Å². The highest BCUT2D eigenvalue weighted by atomic mass is 16.4. The van der Waals surface area contributed by atoms with Gasteiger partial charge in [0.05, 0.1) is 5.56 Å². The van der Waals surface area contributed by atoms with Gasteiger partial charge >= 0.3 is 5.97 Å². The molecule has 13 heavy (non-hydrogen) atoms. The van der Waals surface area contributed by atoms with Crippen LogP contribution in [0.5, 0.6) is 0 Å². The number of carbonyl (C=O) groups is 2. The second-order valence-corrected chi connectivity index (χ2v) is 3.04. The van der Waals surface area contributed by atoms with Crippen LogP contribution in [0.25, 0.3) is 0 Å². The highest BCUT2D eigenvalue weighted by Crippen LogP contribution is 2.25. The predicted molar refractivity (Wildman–Crippen MR) is 42.9 cm³/mol. The van der Waals surface area contributed by atoms with Crippen molar-refractivity contribution in [2.75, 3.05) is 0 Å². The molecular weight excluding hydrogens is 172 g/mol. The minimum atomic E-state index is -1.10. The Morgan fingerprint density at radius 1 is 1.46 bits per heavy atom. The summed E-state index contributed by atoms with van der Waals surface area (Å²) in [4.78, 5) is 21.9. The first-order valence-corrected chi connectivity index (χ1v) is 4.07. The van der Waals surface area contributed by atoms with Gasteiger partial charge in [0.1, 0.15) is 6.26 Å². The predicted octanol–water partition coefficient (Wildman–Crippen LogP) is 1.50. The molecule has 0 aliphatic heterocycles. The van der Waals surface area contributed by atoms with Crippen molar-refractivity contribution in [3.05, 3.63) is 23.2 Å². The molecule has 0 saturated heterocycles. The van der Waals surface area contributed by atoms with Gasteiger partial charge in [-0.25, -0.2) is 4.79 Å². The van der Waals surface area contributed by atoms with Gasteiger partial charge in [-0.15, -0.1) is 0 Å². The molecule has 4 nitrogen and oxygen atoms in total. The highest BCUT2D eigenvalue weighted by molar-refractivity contribution is 6.01. The van der Waals surface area contributed by atoms with Gasteiger partial charge in [0.15, 0.2) is 5.78 Å². The van der Waals surface area contributed by atoms with E-state index in [2.05, 4.69) is 0 Å². The van der Waals surface area contributed by atoms with Crippen molar-refractivity contribution < 1.29 is 19.1 Å². The molecule has 0 atom stereocenters. The Morgan fingerprint density at radius 2 is 2.23 bits per heavy atom. The van der Waals surface area contributed by atoms with Crippen molar-refractivity contribution >= 4 is 11.8 Å². The number of carbonyl (C=O) groups excluding carboxylic acids is 1. The first-order chi connectivity index (χ1) is 6.20. The number of hydrogen-bond acceptors (Lipinski definition) is 3. The largest absolute Gasteiger partial charge is 0.475 e. The molecule has 0 radical (unpaired) electrons. The van der Waals surface area contributed by atoms with E-state index in [9.17, 15) is 9.59 Å². The number of carboxylic acid groups (broad SMARTS) is 1. The van der Waals surface area contributed by atoms with E-state index in [1.807, 2.05) is 0 Å². The Balaban J connectivity index is 2.53. The molecule has 1 heterocycles. The zero-order chi connectivity index (χ0) is 9.42. The molecule has 0 saturated carbocycles. The number of rotatable bonds is 1. The summed E-state index contributed by atoms with van der Waals surface area (Å²) in [5.74, 6) is -1.20. The molecule has 2 rings (SSSR count). The third-order valence-corrected chi connectivity index (χ3v) is 2.22. The summed E-state index contributed by atoms with van der Waals surface area (Å²) in [5.41, 5.74) is 1.01. The Labute approximate surface area is 74.2 Å². The molecule has 68 valence electrons. The van der Waals surface area contributed by atoms with Gasteiger partial charge in [0, 0.05) is 12.0 Å². The van der Waals surface area contributed by atoms with Crippen LogP contribution < -0.4 is 0 Å². The quantitative estimate of drug-likeness (QED) is 0.711. The molecule has 0 aromatic carbocycles. The van der Waals surface area contributed by atoms with Gasteiger partial charge < -0.3 is 9.52 Å². The van der Waals surface area contributed by atoms with Crippen molar-refractivity contribution in [3.63, 3.8) is 0 Å². The third-order valence-electron chi connectivity index (χ3n) is 2.22. The first kappa shape index (κ1) is 8.04. The van der Waals surface area contributed by atoms with Gasteiger partial charge in [-0.2, -0.15) is 0 Å². The zero-order valence-electron chi connectivity index (χ0n) is 6.87. The van der Waals surface area contributed by atoms with Crippen LogP contribution in [-0.4, -0.2) is 16.9 Å². The van der Waals surface area contributed by atoms with Crippen molar-refractivity contribution in [2.24, 2.45) is 0 Å². The number of furan rings is 1. The molecule has 0 unspecified atom stereocenters. The van der Waals surface area contributed by atoms with E-state index in [0.717, 1.165) is 0 Å². The van der Waals surface area contributed by atoms with Crippen molar-refractivity contribution in [1.82, 2.24) is 0 Å². The van der Waals surface area contributed by atoms with Crippen LogP contribution in [0, 0.1) is 0 Å². The Kier molecular flexibility index (Phi) is 1.69. The fourth-order valence-electron chi connectivity index (χ4n) is 1.60. The lowest BCUT2D eigenvalue weighted by Gasteiger charge is -2.08. The van der Waals surface area contributed by atoms with E-state index >= 15 is 0 Å². The Hall–Kier alpha value is -1.58. The van der Waals surface area contributed by atoms with Crippen molar-refractivity contribution in [2.45, 2.75) is 19.3 Å². The maximum absolute atomic E-state index is 11.3.